The lowest BCUT2D eigenvalue weighted by Crippen LogP contribution is -2.43. The van der Waals surface area contributed by atoms with Gasteiger partial charge in [0.05, 0.1) is 18.8 Å². The van der Waals surface area contributed by atoms with Crippen LogP contribution in [0.2, 0.25) is 0 Å². The number of carbonyl (C=O) groups is 1. The molecule has 2 fully saturated rings. The number of piperidine rings is 1. The smallest absolute Gasteiger partial charge is 0.241 e. The Labute approximate surface area is 151 Å². The van der Waals surface area contributed by atoms with Crippen LogP contribution in [0.15, 0.2) is 24.3 Å². The van der Waals surface area contributed by atoms with Gasteiger partial charge in [-0.05, 0) is 49.9 Å². The zero-order chi connectivity index (χ0) is 15.9. The summed E-state index contributed by atoms with van der Waals surface area (Å²) in [5.74, 6) is 0.0787. The summed E-state index contributed by atoms with van der Waals surface area (Å²) < 4.78 is 6.02. The number of benzene rings is 1. The Hall–Kier alpha value is -1.10. The second-order valence-corrected chi connectivity index (χ2v) is 6.76. The Balaban J connectivity index is 0.00000208. The molecule has 24 heavy (non-hydrogen) atoms. The van der Waals surface area contributed by atoms with E-state index in [0.29, 0.717) is 12.7 Å². The minimum atomic E-state index is -0.0501. The van der Waals surface area contributed by atoms with Crippen LogP contribution in [0.25, 0.3) is 0 Å². The molecule has 2 N–H and O–H groups in total. The fourth-order valence-electron chi connectivity index (χ4n) is 3.49. The Morgan fingerprint density at radius 3 is 2.67 bits per heavy atom. The monoisotopic (exact) mass is 352 g/mol. The molecule has 0 bridgehead atoms. The molecule has 134 valence electrons. The number of carbonyl (C=O) groups excluding carboxylic acids is 1. The quantitative estimate of drug-likeness (QED) is 0.840. The molecule has 1 amide bonds. The molecule has 1 aliphatic heterocycles. The van der Waals surface area contributed by atoms with E-state index in [4.69, 9.17) is 4.74 Å². The van der Waals surface area contributed by atoms with Crippen LogP contribution in [0.3, 0.4) is 0 Å². The van der Waals surface area contributed by atoms with E-state index in [2.05, 4.69) is 16.7 Å². The van der Waals surface area contributed by atoms with E-state index >= 15 is 0 Å². The van der Waals surface area contributed by atoms with Gasteiger partial charge in [-0.15, -0.1) is 12.4 Å². The first-order valence-corrected chi connectivity index (χ1v) is 9.06. The van der Waals surface area contributed by atoms with Crippen molar-refractivity contribution in [3.8, 4) is 0 Å². The average Bonchev–Trinajstić information content (AvgIpc) is 2.62. The SMILES string of the molecule is Cl.O=C(Nc1cccc(COC2CCCCC2)c1)C1CCCCN1. The molecule has 1 heterocycles. The van der Waals surface area contributed by atoms with Gasteiger partial charge in [-0.25, -0.2) is 0 Å². The maximum atomic E-state index is 12.3. The van der Waals surface area contributed by atoms with Gasteiger partial charge in [-0.3, -0.25) is 4.79 Å². The maximum Gasteiger partial charge on any atom is 0.241 e. The molecule has 3 rings (SSSR count). The van der Waals surface area contributed by atoms with Crippen LogP contribution in [0, 0.1) is 0 Å². The number of rotatable bonds is 5. The van der Waals surface area contributed by atoms with Gasteiger partial charge in [0.15, 0.2) is 0 Å². The summed E-state index contributed by atoms with van der Waals surface area (Å²) in [4.78, 5) is 12.3. The van der Waals surface area contributed by atoms with Crippen molar-refractivity contribution < 1.29 is 9.53 Å². The van der Waals surface area contributed by atoms with Crippen molar-refractivity contribution >= 4 is 24.0 Å². The van der Waals surface area contributed by atoms with Gasteiger partial charge >= 0.3 is 0 Å². The molecule has 2 aliphatic rings. The number of hydrogen-bond donors (Lipinski definition) is 2. The Morgan fingerprint density at radius 2 is 1.92 bits per heavy atom. The minimum Gasteiger partial charge on any atom is -0.374 e. The van der Waals surface area contributed by atoms with E-state index in [9.17, 15) is 4.79 Å². The fourth-order valence-corrected chi connectivity index (χ4v) is 3.49. The largest absolute Gasteiger partial charge is 0.374 e. The van der Waals surface area contributed by atoms with E-state index in [-0.39, 0.29) is 24.4 Å². The Kier molecular flexibility index (Phi) is 8.03. The normalized spacial score (nSPS) is 21.8. The highest BCUT2D eigenvalue weighted by Crippen LogP contribution is 2.22. The number of halogens is 1. The molecular formula is C19H29ClN2O2. The number of amides is 1. The minimum absolute atomic E-state index is 0. The first kappa shape index (κ1) is 19.2. The van der Waals surface area contributed by atoms with Crippen LogP contribution in [0.1, 0.15) is 56.9 Å². The predicted octanol–water partition coefficient (Wildman–Crippen LogP) is 4.04. The lowest BCUT2D eigenvalue weighted by molar-refractivity contribution is -0.118. The molecule has 0 spiro atoms. The molecule has 1 aromatic rings. The summed E-state index contributed by atoms with van der Waals surface area (Å²) in [6, 6.07) is 7.99. The third kappa shape index (κ3) is 5.76. The molecule has 0 aromatic heterocycles. The fraction of sp³-hybridized carbons (Fsp3) is 0.632. The number of anilines is 1. The molecule has 1 saturated carbocycles. The van der Waals surface area contributed by atoms with Crippen LogP contribution in [-0.2, 0) is 16.1 Å². The van der Waals surface area contributed by atoms with Gasteiger partial charge in [-0.2, -0.15) is 0 Å². The van der Waals surface area contributed by atoms with Crippen molar-refractivity contribution in [2.24, 2.45) is 0 Å². The van der Waals surface area contributed by atoms with Crippen molar-refractivity contribution in [3.63, 3.8) is 0 Å². The highest BCUT2D eigenvalue weighted by atomic mass is 35.5. The van der Waals surface area contributed by atoms with Crippen molar-refractivity contribution in [2.45, 2.75) is 70.1 Å². The van der Waals surface area contributed by atoms with Crippen LogP contribution in [0.4, 0.5) is 5.69 Å². The first-order chi connectivity index (χ1) is 11.3. The molecule has 1 aromatic carbocycles. The van der Waals surface area contributed by atoms with Gasteiger partial charge < -0.3 is 15.4 Å². The van der Waals surface area contributed by atoms with E-state index in [1.165, 1.54) is 32.1 Å². The lowest BCUT2D eigenvalue weighted by Gasteiger charge is -2.23. The standard InChI is InChI=1S/C19H28N2O2.ClH/c22-19(18-11-4-5-12-20-18)21-16-8-6-7-15(13-16)14-23-17-9-2-1-3-10-17;/h6-8,13,17-18,20H,1-5,9-12,14H2,(H,21,22);1H. The topological polar surface area (TPSA) is 50.4 Å². The van der Waals surface area contributed by atoms with Crippen LogP contribution in [-0.4, -0.2) is 24.6 Å². The molecular weight excluding hydrogens is 324 g/mol. The summed E-state index contributed by atoms with van der Waals surface area (Å²) in [6.07, 6.45) is 9.91. The van der Waals surface area contributed by atoms with Crippen molar-refractivity contribution in [1.29, 1.82) is 0 Å². The predicted molar refractivity (Wildman–Crippen MR) is 99.6 cm³/mol. The van der Waals surface area contributed by atoms with Gasteiger partial charge in [-0.1, -0.05) is 37.8 Å². The second kappa shape index (κ2) is 10.0. The van der Waals surface area contributed by atoms with E-state index < -0.39 is 0 Å². The van der Waals surface area contributed by atoms with Gasteiger partial charge in [0.2, 0.25) is 5.91 Å². The maximum absolute atomic E-state index is 12.3. The van der Waals surface area contributed by atoms with E-state index in [0.717, 1.165) is 37.1 Å². The summed E-state index contributed by atoms with van der Waals surface area (Å²) >= 11 is 0. The number of nitrogens with one attached hydrogen (secondary N) is 2. The summed E-state index contributed by atoms with van der Waals surface area (Å²) in [5, 5.41) is 6.32. The molecule has 1 unspecified atom stereocenters. The van der Waals surface area contributed by atoms with E-state index in [1.807, 2.05) is 18.2 Å². The van der Waals surface area contributed by atoms with Crippen LogP contribution >= 0.6 is 12.4 Å². The molecule has 0 radical (unpaired) electrons. The summed E-state index contributed by atoms with van der Waals surface area (Å²) in [6.45, 7) is 1.57. The second-order valence-electron chi connectivity index (χ2n) is 6.76. The van der Waals surface area contributed by atoms with Gasteiger partial charge in [0.1, 0.15) is 0 Å². The molecule has 4 nitrogen and oxygen atoms in total. The van der Waals surface area contributed by atoms with Crippen molar-refractivity contribution in [2.75, 3.05) is 11.9 Å². The highest BCUT2D eigenvalue weighted by Gasteiger charge is 2.20. The van der Waals surface area contributed by atoms with Crippen molar-refractivity contribution in [1.82, 2.24) is 5.32 Å². The zero-order valence-electron chi connectivity index (χ0n) is 14.3. The summed E-state index contributed by atoms with van der Waals surface area (Å²) in [7, 11) is 0. The Morgan fingerprint density at radius 1 is 1.12 bits per heavy atom. The average molecular weight is 353 g/mol. The molecule has 1 saturated heterocycles. The zero-order valence-corrected chi connectivity index (χ0v) is 15.1. The summed E-state index contributed by atoms with van der Waals surface area (Å²) in [5.41, 5.74) is 2.00. The van der Waals surface area contributed by atoms with E-state index in [1.54, 1.807) is 0 Å². The number of ether oxygens (including phenoxy) is 1. The van der Waals surface area contributed by atoms with Crippen LogP contribution in [0.5, 0.6) is 0 Å². The molecule has 1 atom stereocenters. The lowest BCUT2D eigenvalue weighted by atomic mass is 9.98. The third-order valence-electron chi connectivity index (χ3n) is 4.86. The van der Waals surface area contributed by atoms with Gasteiger partial charge in [0.25, 0.3) is 0 Å². The Bertz CT molecular complexity index is 512. The first-order valence-electron chi connectivity index (χ1n) is 9.06. The van der Waals surface area contributed by atoms with Gasteiger partial charge in [0, 0.05) is 5.69 Å². The molecule has 5 heteroatoms. The third-order valence-corrected chi connectivity index (χ3v) is 4.86. The van der Waals surface area contributed by atoms with Crippen molar-refractivity contribution in [3.05, 3.63) is 29.8 Å². The van der Waals surface area contributed by atoms with Crippen LogP contribution < -0.4 is 10.6 Å². The highest BCUT2D eigenvalue weighted by molar-refractivity contribution is 5.94. The number of hydrogen-bond acceptors (Lipinski definition) is 3. The molecule has 1 aliphatic carbocycles.